The molecule has 2 rings (SSSR count). The van der Waals surface area contributed by atoms with Gasteiger partial charge < -0.3 is 14.4 Å². The summed E-state index contributed by atoms with van der Waals surface area (Å²) < 4.78 is 10.8. The van der Waals surface area contributed by atoms with Crippen LogP contribution in [0.2, 0.25) is 0 Å². The van der Waals surface area contributed by atoms with Crippen LogP contribution >= 0.6 is 0 Å². The fraction of sp³-hybridized carbons (Fsp3) is 0.357. The van der Waals surface area contributed by atoms with Crippen LogP contribution in [-0.4, -0.2) is 10.3 Å². The normalized spacial score (nSPS) is 12.4. The topological polar surface area (TPSA) is 55.5 Å². The van der Waals surface area contributed by atoms with Gasteiger partial charge in [-0.2, -0.15) is 0 Å². The molecule has 0 saturated heterocycles. The van der Waals surface area contributed by atoms with E-state index in [2.05, 4.69) is 5.16 Å². The van der Waals surface area contributed by atoms with E-state index in [1.54, 1.807) is 6.92 Å². The van der Waals surface area contributed by atoms with Crippen LogP contribution in [-0.2, 0) is 6.61 Å². The van der Waals surface area contributed by atoms with Crippen molar-refractivity contribution in [2.75, 3.05) is 0 Å². The molecule has 4 heteroatoms. The molecule has 0 radical (unpaired) electrons. The molecule has 0 unspecified atom stereocenters. The Kier molecular flexibility index (Phi) is 3.67. The maximum atomic E-state index is 9.68. The first-order valence-electron chi connectivity index (χ1n) is 5.90. The average molecular weight is 247 g/mol. The molecule has 1 aromatic carbocycles. The summed E-state index contributed by atoms with van der Waals surface area (Å²) in [4.78, 5) is 0. The predicted molar refractivity (Wildman–Crippen MR) is 67.4 cm³/mol. The number of ether oxygens (including phenoxy) is 1. The number of benzene rings is 1. The largest absolute Gasteiger partial charge is 0.485 e. The molecule has 0 aliphatic carbocycles. The Morgan fingerprint density at radius 1 is 1.33 bits per heavy atom. The Balaban J connectivity index is 2.15. The van der Waals surface area contributed by atoms with Crippen LogP contribution in [0, 0.1) is 13.8 Å². The van der Waals surface area contributed by atoms with Crippen LogP contribution in [0.15, 0.2) is 28.8 Å². The Hall–Kier alpha value is -1.81. The molecule has 0 bridgehead atoms. The lowest BCUT2D eigenvalue weighted by Crippen LogP contribution is -2.00. The smallest absolute Gasteiger partial charge is 0.174 e. The van der Waals surface area contributed by atoms with E-state index >= 15 is 0 Å². The van der Waals surface area contributed by atoms with Crippen LogP contribution in [0.25, 0.3) is 0 Å². The SMILES string of the molecule is Cc1ccc([C@@H](C)O)c(OCc2cc(C)no2)c1. The fourth-order valence-corrected chi connectivity index (χ4v) is 1.74. The Bertz CT molecular complexity index is 532. The number of aromatic nitrogens is 1. The van der Waals surface area contributed by atoms with Crippen molar-refractivity contribution >= 4 is 0 Å². The second-order valence-corrected chi connectivity index (χ2v) is 4.44. The lowest BCUT2D eigenvalue weighted by atomic mass is 10.1. The van der Waals surface area contributed by atoms with E-state index in [1.165, 1.54) is 0 Å². The van der Waals surface area contributed by atoms with E-state index < -0.39 is 6.10 Å². The van der Waals surface area contributed by atoms with E-state index in [4.69, 9.17) is 9.26 Å². The molecule has 1 aromatic heterocycles. The number of rotatable bonds is 4. The molecule has 96 valence electrons. The molecule has 0 saturated carbocycles. The summed E-state index contributed by atoms with van der Waals surface area (Å²) in [6.45, 7) is 5.87. The third-order valence-corrected chi connectivity index (χ3v) is 2.67. The molecule has 1 heterocycles. The lowest BCUT2D eigenvalue weighted by molar-refractivity contribution is 0.186. The fourth-order valence-electron chi connectivity index (χ4n) is 1.74. The van der Waals surface area contributed by atoms with Gasteiger partial charge in [0.05, 0.1) is 11.8 Å². The Labute approximate surface area is 106 Å². The molecule has 1 N–H and O–H groups in total. The van der Waals surface area contributed by atoms with Crippen LogP contribution < -0.4 is 4.74 Å². The van der Waals surface area contributed by atoms with Gasteiger partial charge in [-0.3, -0.25) is 0 Å². The minimum Gasteiger partial charge on any atom is -0.485 e. The second kappa shape index (κ2) is 5.23. The highest BCUT2D eigenvalue weighted by Crippen LogP contribution is 2.27. The van der Waals surface area contributed by atoms with Gasteiger partial charge in [0.25, 0.3) is 0 Å². The highest BCUT2D eigenvalue weighted by molar-refractivity contribution is 5.38. The van der Waals surface area contributed by atoms with Gasteiger partial charge in [0, 0.05) is 11.6 Å². The highest BCUT2D eigenvalue weighted by atomic mass is 16.5. The van der Waals surface area contributed by atoms with Crippen molar-refractivity contribution < 1.29 is 14.4 Å². The van der Waals surface area contributed by atoms with Crippen molar-refractivity contribution in [3.05, 3.63) is 46.8 Å². The molecule has 0 aliphatic rings. The molecule has 2 aromatic rings. The van der Waals surface area contributed by atoms with Gasteiger partial charge in [0.2, 0.25) is 0 Å². The van der Waals surface area contributed by atoms with Gasteiger partial charge in [0.1, 0.15) is 12.4 Å². The Morgan fingerprint density at radius 3 is 2.72 bits per heavy atom. The number of hydrogen-bond donors (Lipinski definition) is 1. The van der Waals surface area contributed by atoms with Crippen molar-refractivity contribution in [3.8, 4) is 5.75 Å². The maximum Gasteiger partial charge on any atom is 0.174 e. The number of aryl methyl sites for hydroxylation is 2. The molecular weight excluding hydrogens is 230 g/mol. The van der Waals surface area contributed by atoms with Gasteiger partial charge in [-0.25, -0.2) is 0 Å². The van der Waals surface area contributed by atoms with E-state index in [9.17, 15) is 5.11 Å². The third-order valence-electron chi connectivity index (χ3n) is 2.67. The quantitative estimate of drug-likeness (QED) is 0.902. The van der Waals surface area contributed by atoms with Gasteiger partial charge in [0.15, 0.2) is 5.76 Å². The van der Waals surface area contributed by atoms with Crippen LogP contribution in [0.1, 0.15) is 35.6 Å². The predicted octanol–water partition coefficient (Wildman–Crippen LogP) is 2.92. The first kappa shape index (κ1) is 12.6. The first-order valence-corrected chi connectivity index (χ1v) is 5.90. The third kappa shape index (κ3) is 2.90. The molecule has 1 atom stereocenters. The number of aliphatic hydroxyl groups excluding tert-OH is 1. The zero-order valence-electron chi connectivity index (χ0n) is 10.8. The molecule has 0 spiro atoms. The van der Waals surface area contributed by atoms with Crippen LogP contribution in [0.3, 0.4) is 0 Å². The summed E-state index contributed by atoms with van der Waals surface area (Å²) in [5.74, 6) is 1.35. The van der Waals surface area contributed by atoms with E-state index in [-0.39, 0.29) is 0 Å². The Morgan fingerprint density at radius 2 is 2.11 bits per heavy atom. The summed E-state index contributed by atoms with van der Waals surface area (Å²) in [5, 5.41) is 13.5. The standard InChI is InChI=1S/C14H17NO3/c1-9-4-5-13(11(3)16)14(6-9)17-8-12-7-10(2)15-18-12/h4-7,11,16H,8H2,1-3H3/t11-/m1/s1. The summed E-state index contributed by atoms with van der Waals surface area (Å²) in [6, 6.07) is 7.57. The molecular formula is C14H17NO3. The molecule has 0 amide bonds. The minimum atomic E-state index is -0.558. The minimum absolute atomic E-state index is 0.310. The lowest BCUT2D eigenvalue weighted by Gasteiger charge is -2.13. The molecule has 0 aliphatic heterocycles. The number of nitrogens with zero attached hydrogens (tertiary/aromatic N) is 1. The molecule has 0 fully saturated rings. The van der Waals surface area contributed by atoms with Crippen molar-refractivity contribution in [1.29, 1.82) is 0 Å². The summed E-state index contributed by atoms with van der Waals surface area (Å²) in [6.07, 6.45) is -0.558. The number of aliphatic hydroxyl groups is 1. The molecule has 18 heavy (non-hydrogen) atoms. The van der Waals surface area contributed by atoms with E-state index in [0.29, 0.717) is 18.1 Å². The summed E-state index contributed by atoms with van der Waals surface area (Å²) in [7, 11) is 0. The van der Waals surface area contributed by atoms with Crippen molar-refractivity contribution in [2.24, 2.45) is 0 Å². The highest BCUT2D eigenvalue weighted by Gasteiger charge is 2.10. The zero-order valence-corrected chi connectivity index (χ0v) is 10.8. The summed E-state index contributed by atoms with van der Waals surface area (Å²) in [5.41, 5.74) is 2.69. The van der Waals surface area contributed by atoms with Crippen molar-refractivity contribution in [3.63, 3.8) is 0 Å². The second-order valence-electron chi connectivity index (χ2n) is 4.44. The van der Waals surface area contributed by atoms with Crippen molar-refractivity contribution in [2.45, 2.75) is 33.5 Å². The van der Waals surface area contributed by atoms with Crippen LogP contribution in [0.5, 0.6) is 5.75 Å². The maximum absolute atomic E-state index is 9.68. The van der Waals surface area contributed by atoms with Gasteiger partial charge >= 0.3 is 0 Å². The van der Waals surface area contributed by atoms with Gasteiger partial charge in [-0.15, -0.1) is 0 Å². The van der Waals surface area contributed by atoms with E-state index in [1.807, 2.05) is 38.1 Å². The monoisotopic (exact) mass is 247 g/mol. The molecule has 4 nitrogen and oxygen atoms in total. The van der Waals surface area contributed by atoms with Gasteiger partial charge in [-0.05, 0) is 32.4 Å². The van der Waals surface area contributed by atoms with E-state index in [0.717, 1.165) is 16.8 Å². The summed E-state index contributed by atoms with van der Waals surface area (Å²) >= 11 is 0. The van der Waals surface area contributed by atoms with Crippen LogP contribution in [0.4, 0.5) is 0 Å². The average Bonchev–Trinajstić information content (AvgIpc) is 2.72. The zero-order chi connectivity index (χ0) is 13.1. The van der Waals surface area contributed by atoms with Crippen molar-refractivity contribution in [1.82, 2.24) is 5.16 Å². The first-order chi connectivity index (χ1) is 8.56. The number of hydrogen-bond acceptors (Lipinski definition) is 4. The van der Waals surface area contributed by atoms with Gasteiger partial charge in [-0.1, -0.05) is 17.3 Å².